The number of rotatable bonds is 24. The van der Waals surface area contributed by atoms with E-state index >= 15 is 0 Å². The topological polar surface area (TPSA) is 78.9 Å². The van der Waals surface area contributed by atoms with Crippen LogP contribution in [0.2, 0.25) is 19.0 Å². The fourth-order valence-corrected chi connectivity index (χ4v) is 13.7. The fourth-order valence-electron chi connectivity index (χ4n) is 13.7. The van der Waals surface area contributed by atoms with Gasteiger partial charge in [0, 0.05) is 11.0 Å². The maximum atomic E-state index is 12.9. The third-order valence-corrected chi connectivity index (χ3v) is 19.8. The average Bonchev–Trinajstić information content (AvgIpc) is 0.766. The molecule has 0 amide bonds. The van der Waals surface area contributed by atoms with Crippen LogP contribution in [0.5, 0.6) is 0 Å². The van der Waals surface area contributed by atoms with Crippen LogP contribution >= 0.6 is 0 Å². The molecule has 0 fully saturated rings. The SMILES string of the molecule is CC.CC.CC.CC.CC.CC.CC.CC.[B]C(c1ccccc1)C(C(=O)OC(C)(C)c1ccccc1)C(C)C.[B]C(c1ccccc1)C(c1ccccc1)C(C)C.[B]CC(c1cc(C)c(C(=O)OC(C)(C)C)c(C#C)c1)C(C)C.[B]CC(c1ccc(C(=O)OC(C)(C)c2ccccc2)cc1)C(C)C.[B]CC(c1ccccc1)(c1ccccc1)C(C)C. The lowest BCUT2D eigenvalue weighted by Crippen LogP contribution is -2.35. The molecule has 0 aliphatic rings. The Hall–Kier alpha value is -8.73. The van der Waals surface area contributed by atoms with E-state index in [1.54, 1.807) is 0 Å². The zero-order chi connectivity index (χ0) is 94.5. The van der Waals surface area contributed by atoms with Gasteiger partial charge in [0.25, 0.3) is 0 Å². The highest BCUT2D eigenvalue weighted by molar-refractivity contribution is 6.14. The monoisotopic (exact) mass is 1650 g/mol. The van der Waals surface area contributed by atoms with E-state index in [4.69, 9.17) is 59.9 Å². The minimum absolute atomic E-state index is 0.0496. The number of benzene rings is 9. The van der Waals surface area contributed by atoms with Crippen LogP contribution in [0.1, 0.15) is 340 Å². The van der Waals surface area contributed by atoms with Crippen LogP contribution in [-0.4, -0.2) is 62.7 Å². The van der Waals surface area contributed by atoms with Gasteiger partial charge in [-0.3, -0.25) is 4.79 Å². The van der Waals surface area contributed by atoms with Gasteiger partial charge in [-0.25, -0.2) is 9.59 Å². The van der Waals surface area contributed by atoms with E-state index in [1.807, 2.05) is 313 Å². The van der Waals surface area contributed by atoms with Crippen molar-refractivity contribution in [3.05, 3.63) is 321 Å². The van der Waals surface area contributed by atoms with Crippen molar-refractivity contribution in [3.63, 3.8) is 0 Å². The van der Waals surface area contributed by atoms with Crippen molar-refractivity contribution in [1.29, 1.82) is 0 Å². The van der Waals surface area contributed by atoms with Gasteiger partial charge < -0.3 is 14.2 Å². The van der Waals surface area contributed by atoms with Crippen molar-refractivity contribution >= 4 is 57.1 Å². The van der Waals surface area contributed by atoms with Gasteiger partial charge in [-0.1, -0.05) is 447 Å². The maximum absolute atomic E-state index is 12.9. The summed E-state index contributed by atoms with van der Waals surface area (Å²) in [4.78, 5) is 37.8. The van der Waals surface area contributed by atoms with Crippen LogP contribution in [0.25, 0.3) is 0 Å². The molecular formula is C111H161B5O6. The van der Waals surface area contributed by atoms with Crippen LogP contribution in [0.15, 0.2) is 249 Å². The summed E-state index contributed by atoms with van der Waals surface area (Å²) in [6.07, 6.45) is 7.39. The predicted molar refractivity (Wildman–Crippen MR) is 540 cm³/mol. The second-order valence-corrected chi connectivity index (χ2v) is 31.1. The van der Waals surface area contributed by atoms with Crippen molar-refractivity contribution < 1.29 is 28.6 Å². The van der Waals surface area contributed by atoms with Gasteiger partial charge in [0.2, 0.25) is 0 Å². The fraction of sp³-hybridized carbons (Fsp3) is 0.468. The second kappa shape index (κ2) is 66.8. The van der Waals surface area contributed by atoms with E-state index < -0.39 is 22.7 Å². The summed E-state index contributed by atoms with van der Waals surface area (Å²) in [6.45, 7) is 68.6. The Morgan fingerprint density at radius 3 is 0.984 bits per heavy atom. The summed E-state index contributed by atoms with van der Waals surface area (Å²) in [5.41, 5.74) is 10.7. The van der Waals surface area contributed by atoms with E-state index in [0.717, 1.165) is 33.4 Å². The Bertz CT molecular complexity index is 4040. The smallest absolute Gasteiger partial charge is 0.340 e. The molecule has 6 atom stereocenters. The lowest BCUT2D eigenvalue weighted by atomic mass is 9.61. The molecule has 0 aliphatic carbocycles. The van der Waals surface area contributed by atoms with Gasteiger partial charge in [0.1, 0.15) is 16.8 Å². The summed E-state index contributed by atoms with van der Waals surface area (Å²) in [7, 11) is 30.8. The first kappa shape index (κ1) is 120. The first-order chi connectivity index (χ1) is 58.2. The van der Waals surface area contributed by atoms with Gasteiger partial charge in [-0.15, -0.1) is 6.42 Å². The largest absolute Gasteiger partial charge is 0.456 e. The van der Waals surface area contributed by atoms with Crippen molar-refractivity contribution in [1.82, 2.24) is 0 Å². The number of terminal acetylenes is 1. The molecule has 0 heterocycles. The number of carbonyl (C=O) groups excluding carboxylic acids is 3. The third-order valence-electron chi connectivity index (χ3n) is 19.8. The Morgan fingerprint density at radius 2 is 0.680 bits per heavy atom. The minimum atomic E-state index is -0.693. The first-order valence-electron chi connectivity index (χ1n) is 45.6. The number of aryl methyl sites for hydroxylation is 1. The third kappa shape index (κ3) is 40.3. The lowest BCUT2D eigenvalue weighted by molar-refractivity contribution is -0.164. The molecule has 0 aliphatic heterocycles. The molecule has 0 bridgehead atoms. The Balaban J connectivity index is -0.000000686. The molecule has 122 heavy (non-hydrogen) atoms. The summed E-state index contributed by atoms with van der Waals surface area (Å²) < 4.78 is 17.1. The van der Waals surface area contributed by atoms with E-state index in [-0.39, 0.29) is 46.8 Å². The average molecular weight is 1650 g/mol. The van der Waals surface area contributed by atoms with Crippen LogP contribution in [0.3, 0.4) is 0 Å². The summed E-state index contributed by atoms with van der Waals surface area (Å²) in [5, 5.41) is 0. The van der Waals surface area contributed by atoms with Crippen molar-refractivity contribution in [2.75, 3.05) is 0 Å². The molecule has 656 valence electrons. The van der Waals surface area contributed by atoms with Crippen molar-refractivity contribution in [2.24, 2.45) is 35.5 Å². The van der Waals surface area contributed by atoms with E-state index in [9.17, 15) is 14.4 Å². The Morgan fingerprint density at radius 1 is 0.361 bits per heavy atom. The normalized spacial score (nSPS) is 11.9. The zero-order valence-electron chi connectivity index (χ0n) is 82.6. The Labute approximate surface area is 755 Å². The molecule has 0 N–H and O–H groups in total. The molecule has 0 saturated carbocycles. The highest BCUT2D eigenvalue weighted by Gasteiger charge is 2.37. The molecule has 0 spiro atoms. The molecule has 10 radical (unpaired) electrons. The van der Waals surface area contributed by atoms with Crippen LogP contribution in [-0.2, 0) is 35.6 Å². The molecule has 11 heteroatoms. The Kier molecular flexibility index (Phi) is 65.5. The van der Waals surface area contributed by atoms with Gasteiger partial charge in [-0.2, -0.15) is 0 Å². The highest BCUT2D eigenvalue weighted by atomic mass is 16.6. The van der Waals surface area contributed by atoms with Crippen LogP contribution in [0, 0.1) is 54.8 Å². The van der Waals surface area contributed by atoms with E-state index in [1.165, 1.54) is 22.3 Å². The number of hydrogen-bond acceptors (Lipinski definition) is 6. The van der Waals surface area contributed by atoms with Gasteiger partial charge in [0.05, 0.1) is 56.3 Å². The molecule has 9 aromatic carbocycles. The standard InChI is InChI=1S/2C21H25BO2.C19H25BO2.2C17H19B.8C2H6/c1-15(2)18(19(22)16-11-7-5-8-12-16)20(23)24-21(3,4)17-13-9-6-10-14-17;1-15(2)19(14-22)16-10-12-17(13-11-16)20(23)24-21(3,4)18-8-6-5-7-9-18;1-8-14-10-15(16(11-20)12(2)3)9-13(4)17(14)18(21)22-19(5,6)7;1-14(2)17(13-18,15-9-5-3-6-10-15)16-11-7-4-8-12-16;1-13(2)16(14-9-5-3-6-10-14)17(18)15-11-7-4-8-12-15;8*1-2/h5-15,18-19H,1-4H3;5-13,15,19H,14H2,1-4H3;1,9-10,12,16H,11H2,2-7H3;3-12,14H,13H2,1-2H3;3-13,16-17H,1-2H3;8*1-2H3. The van der Waals surface area contributed by atoms with E-state index in [0.29, 0.717) is 71.2 Å². The van der Waals surface area contributed by atoms with Gasteiger partial charge >= 0.3 is 17.9 Å². The maximum Gasteiger partial charge on any atom is 0.340 e. The number of esters is 3. The predicted octanol–water partition coefficient (Wildman–Crippen LogP) is 30.8. The van der Waals surface area contributed by atoms with Crippen LogP contribution < -0.4 is 0 Å². The second-order valence-electron chi connectivity index (χ2n) is 31.1. The number of ether oxygens (including phenoxy) is 3. The quantitative estimate of drug-likeness (QED) is 0.0260. The van der Waals surface area contributed by atoms with E-state index in [2.05, 4.69) is 177 Å². The number of hydrogen-bond donors (Lipinski definition) is 0. The molecule has 0 saturated heterocycles. The van der Waals surface area contributed by atoms with Crippen LogP contribution in [0.4, 0.5) is 0 Å². The molecular weight excluding hydrogens is 1480 g/mol. The lowest BCUT2D eigenvalue weighted by Gasteiger charge is -2.38. The molecule has 6 nitrogen and oxygen atoms in total. The molecule has 6 unspecified atom stereocenters. The minimum Gasteiger partial charge on any atom is -0.456 e. The summed E-state index contributed by atoms with van der Waals surface area (Å²) in [6, 6.07) is 82.9. The summed E-state index contributed by atoms with van der Waals surface area (Å²) in [5.74, 6) is 3.74. The molecule has 9 aromatic rings. The van der Waals surface area contributed by atoms with Crippen molar-refractivity contribution in [3.8, 4) is 12.3 Å². The highest BCUT2D eigenvalue weighted by Crippen LogP contribution is 2.43. The zero-order valence-corrected chi connectivity index (χ0v) is 82.6. The first-order valence-corrected chi connectivity index (χ1v) is 45.6. The number of carbonyl (C=O) groups is 3. The van der Waals surface area contributed by atoms with Crippen molar-refractivity contribution in [2.45, 2.75) is 306 Å². The molecule has 0 aromatic heterocycles. The van der Waals surface area contributed by atoms with Gasteiger partial charge in [0.15, 0.2) is 0 Å². The van der Waals surface area contributed by atoms with Gasteiger partial charge in [-0.05, 0) is 177 Å². The molecule has 9 rings (SSSR count). The summed E-state index contributed by atoms with van der Waals surface area (Å²) >= 11 is 0.